The van der Waals surface area contributed by atoms with Gasteiger partial charge in [0.2, 0.25) is 5.75 Å². The van der Waals surface area contributed by atoms with Crippen molar-refractivity contribution in [2.45, 2.75) is 0 Å². The fourth-order valence-electron chi connectivity index (χ4n) is 2.42. The minimum atomic E-state index is -0.484. The van der Waals surface area contributed by atoms with E-state index in [-0.39, 0.29) is 34.0 Å². The molecule has 0 spiro atoms. The van der Waals surface area contributed by atoms with Gasteiger partial charge in [-0.25, -0.2) is 0 Å². The Kier molecular flexibility index (Phi) is 3.57. The fourth-order valence-corrected chi connectivity index (χ4v) is 2.42. The molecule has 23 heavy (non-hydrogen) atoms. The summed E-state index contributed by atoms with van der Waals surface area (Å²) in [6, 6.07) is 9.41. The molecule has 0 bridgehead atoms. The van der Waals surface area contributed by atoms with E-state index in [1.807, 2.05) is 0 Å². The number of benzene rings is 2. The molecule has 0 saturated heterocycles. The first kappa shape index (κ1) is 14.8. The Morgan fingerprint density at radius 3 is 2.39 bits per heavy atom. The highest BCUT2D eigenvalue weighted by atomic mass is 16.5. The predicted molar refractivity (Wildman–Crippen MR) is 84.4 cm³/mol. The summed E-state index contributed by atoms with van der Waals surface area (Å²) in [6.45, 7) is 0. The van der Waals surface area contributed by atoms with Gasteiger partial charge in [0.25, 0.3) is 0 Å². The first-order chi connectivity index (χ1) is 11.1. The van der Waals surface area contributed by atoms with Gasteiger partial charge in [-0.2, -0.15) is 0 Å². The van der Waals surface area contributed by atoms with E-state index in [1.54, 1.807) is 24.3 Å². The zero-order chi connectivity index (χ0) is 16.6. The van der Waals surface area contributed by atoms with Gasteiger partial charge in [-0.3, -0.25) is 4.79 Å². The molecule has 2 aromatic carbocycles. The van der Waals surface area contributed by atoms with Crippen LogP contribution >= 0.6 is 0 Å². The molecule has 0 atom stereocenters. The Morgan fingerprint density at radius 1 is 1.00 bits per heavy atom. The van der Waals surface area contributed by atoms with Crippen molar-refractivity contribution in [2.24, 2.45) is 0 Å². The fraction of sp³-hybridized carbons (Fsp3) is 0.118. The standard InChI is InChI=1S/C17H14O6/c1-21-12-6-4-3-5-9(12)13-7-10(18)15-11(19)8-14(22-2)16(20)17(15)23-13/h3-8,19-20H,1-2H3. The van der Waals surface area contributed by atoms with Crippen molar-refractivity contribution in [2.75, 3.05) is 14.2 Å². The molecule has 0 saturated carbocycles. The number of hydrogen-bond acceptors (Lipinski definition) is 6. The Hall–Kier alpha value is -3.15. The van der Waals surface area contributed by atoms with Crippen LogP contribution in [0, 0.1) is 0 Å². The lowest BCUT2D eigenvalue weighted by atomic mass is 10.1. The van der Waals surface area contributed by atoms with Gasteiger partial charge in [-0.1, -0.05) is 12.1 Å². The zero-order valence-electron chi connectivity index (χ0n) is 12.5. The van der Waals surface area contributed by atoms with Crippen LogP contribution in [0.25, 0.3) is 22.3 Å². The molecular weight excluding hydrogens is 300 g/mol. The molecule has 1 heterocycles. The summed E-state index contributed by atoms with van der Waals surface area (Å²) in [5, 5.41) is 20.1. The highest BCUT2D eigenvalue weighted by molar-refractivity contribution is 5.91. The van der Waals surface area contributed by atoms with E-state index >= 15 is 0 Å². The summed E-state index contributed by atoms with van der Waals surface area (Å²) >= 11 is 0. The maximum Gasteiger partial charge on any atom is 0.202 e. The van der Waals surface area contributed by atoms with Crippen LogP contribution in [-0.4, -0.2) is 24.4 Å². The molecule has 0 aliphatic rings. The van der Waals surface area contributed by atoms with Gasteiger partial charge in [0.15, 0.2) is 16.8 Å². The summed E-state index contributed by atoms with van der Waals surface area (Å²) in [4.78, 5) is 12.3. The number of rotatable bonds is 3. The molecular formula is C17H14O6. The summed E-state index contributed by atoms with van der Waals surface area (Å²) in [6.07, 6.45) is 0. The Morgan fingerprint density at radius 2 is 1.70 bits per heavy atom. The van der Waals surface area contributed by atoms with Crippen molar-refractivity contribution in [1.29, 1.82) is 0 Å². The number of aromatic hydroxyl groups is 2. The molecule has 0 unspecified atom stereocenters. The SMILES string of the molecule is COc1ccccc1-c1cc(=O)c2c(O)cc(OC)c(O)c2o1. The average molecular weight is 314 g/mol. The van der Waals surface area contributed by atoms with Crippen LogP contribution in [0.5, 0.6) is 23.0 Å². The van der Waals surface area contributed by atoms with Gasteiger partial charge in [0, 0.05) is 12.1 Å². The first-order valence-electron chi connectivity index (χ1n) is 6.77. The third-order valence-electron chi connectivity index (χ3n) is 3.51. The van der Waals surface area contributed by atoms with Crippen molar-refractivity contribution >= 4 is 11.0 Å². The lowest BCUT2D eigenvalue weighted by Gasteiger charge is -2.11. The second-order valence-electron chi connectivity index (χ2n) is 4.83. The zero-order valence-corrected chi connectivity index (χ0v) is 12.5. The van der Waals surface area contributed by atoms with E-state index in [1.165, 1.54) is 20.3 Å². The minimum Gasteiger partial charge on any atom is -0.507 e. The molecule has 118 valence electrons. The third-order valence-corrected chi connectivity index (χ3v) is 3.51. The number of fused-ring (bicyclic) bond motifs is 1. The normalized spacial score (nSPS) is 10.7. The molecule has 3 aromatic rings. The van der Waals surface area contributed by atoms with E-state index in [2.05, 4.69) is 0 Å². The molecule has 6 nitrogen and oxygen atoms in total. The summed E-state index contributed by atoms with van der Waals surface area (Å²) in [7, 11) is 2.84. The molecule has 0 radical (unpaired) electrons. The van der Waals surface area contributed by atoms with Crippen molar-refractivity contribution in [3.8, 4) is 34.3 Å². The second kappa shape index (κ2) is 5.57. The van der Waals surface area contributed by atoms with E-state index in [0.29, 0.717) is 11.3 Å². The maximum atomic E-state index is 12.3. The third kappa shape index (κ3) is 2.34. The highest BCUT2D eigenvalue weighted by Gasteiger charge is 2.19. The molecule has 3 rings (SSSR count). The van der Waals surface area contributed by atoms with Gasteiger partial charge in [0.05, 0.1) is 19.8 Å². The van der Waals surface area contributed by atoms with Crippen molar-refractivity contribution in [3.05, 3.63) is 46.6 Å². The lowest BCUT2D eigenvalue weighted by molar-refractivity contribution is 0.367. The van der Waals surface area contributed by atoms with Crippen LogP contribution in [0.15, 0.2) is 45.6 Å². The number of para-hydroxylation sites is 1. The van der Waals surface area contributed by atoms with E-state index in [0.717, 1.165) is 6.07 Å². The molecule has 0 amide bonds. The summed E-state index contributed by atoms with van der Waals surface area (Å²) in [5.41, 5.74) is -0.0754. The Labute approximate surface area is 131 Å². The second-order valence-corrected chi connectivity index (χ2v) is 4.83. The smallest absolute Gasteiger partial charge is 0.202 e. The van der Waals surface area contributed by atoms with Gasteiger partial charge >= 0.3 is 0 Å². The number of phenolic OH excluding ortho intramolecular Hbond substituents is 2. The molecule has 0 aliphatic carbocycles. The highest BCUT2D eigenvalue weighted by Crippen LogP contribution is 2.40. The van der Waals surface area contributed by atoms with Crippen LogP contribution in [0.4, 0.5) is 0 Å². The lowest BCUT2D eigenvalue weighted by Crippen LogP contribution is -2.02. The summed E-state index contributed by atoms with van der Waals surface area (Å²) < 4.78 is 15.9. The van der Waals surface area contributed by atoms with E-state index in [9.17, 15) is 15.0 Å². The average Bonchev–Trinajstić information content (AvgIpc) is 2.57. The number of phenols is 2. The molecule has 6 heteroatoms. The molecule has 0 aliphatic heterocycles. The Balaban J connectivity index is 2.38. The Bertz CT molecular complexity index is 942. The monoisotopic (exact) mass is 314 g/mol. The van der Waals surface area contributed by atoms with Crippen LogP contribution in [-0.2, 0) is 0 Å². The topological polar surface area (TPSA) is 89.1 Å². The van der Waals surface area contributed by atoms with Gasteiger partial charge in [-0.15, -0.1) is 0 Å². The van der Waals surface area contributed by atoms with Crippen molar-refractivity contribution in [3.63, 3.8) is 0 Å². The minimum absolute atomic E-state index is 0.00956. The molecule has 2 N–H and O–H groups in total. The molecule has 0 fully saturated rings. The number of methoxy groups -OCH3 is 2. The van der Waals surface area contributed by atoms with E-state index in [4.69, 9.17) is 13.9 Å². The molecule has 1 aromatic heterocycles. The van der Waals surface area contributed by atoms with Crippen LogP contribution in [0.3, 0.4) is 0 Å². The first-order valence-corrected chi connectivity index (χ1v) is 6.77. The largest absolute Gasteiger partial charge is 0.507 e. The van der Waals surface area contributed by atoms with Crippen LogP contribution < -0.4 is 14.9 Å². The van der Waals surface area contributed by atoms with Crippen molar-refractivity contribution in [1.82, 2.24) is 0 Å². The van der Waals surface area contributed by atoms with Gasteiger partial charge in [-0.05, 0) is 12.1 Å². The summed E-state index contributed by atoms with van der Waals surface area (Å²) in [5.74, 6) is 0.0592. The van der Waals surface area contributed by atoms with Crippen LogP contribution in [0.1, 0.15) is 0 Å². The predicted octanol–water partition coefficient (Wildman–Crippen LogP) is 2.89. The number of ether oxygens (including phenoxy) is 2. The van der Waals surface area contributed by atoms with Crippen LogP contribution in [0.2, 0.25) is 0 Å². The van der Waals surface area contributed by atoms with Gasteiger partial charge < -0.3 is 24.1 Å². The van der Waals surface area contributed by atoms with E-state index < -0.39 is 5.43 Å². The van der Waals surface area contributed by atoms with Gasteiger partial charge in [0.1, 0.15) is 22.6 Å². The quantitative estimate of drug-likeness (QED) is 0.723. The van der Waals surface area contributed by atoms with Crippen molar-refractivity contribution < 1.29 is 24.1 Å². The number of hydrogen-bond donors (Lipinski definition) is 2. The maximum absolute atomic E-state index is 12.3.